The van der Waals surface area contributed by atoms with Crippen LogP contribution in [0, 0.1) is 0 Å². The van der Waals surface area contributed by atoms with E-state index >= 15 is 0 Å². The Morgan fingerprint density at radius 1 is 1.33 bits per heavy atom. The normalized spacial score (nSPS) is 15.2. The molecule has 0 aromatic carbocycles. The maximum Gasteiger partial charge on any atom is 0.259 e. The van der Waals surface area contributed by atoms with Crippen molar-refractivity contribution in [2.24, 2.45) is 0 Å². The van der Waals surface area contributed by atoms with Crippen LogP contribution in [0.15, 0.2) is 4.79 Å². The highest BCUT2D eigenvalue weighted by Crippen LogP contribution is 2.33. The molecule has 0 saturated heterocycles. The van der Waals surface area contributed by atoms with E-state index in [0.29, 0.717) is 18.9 Å². The van der Waals surface area contributed by atoms with E-state index < -0.39 is 5.60 Å². The molecule has 132 valence electrons. The number of aliphatic hydroxyl groups is 1. The quantitative estimate of drug-likeness (QED) is 0.841. The van der Waals surface area contributed by atoms with Crippen molar-refractivity contribution in [2.75, 3.05) is 13.1 Å². The Hall–Kier alpha value is -1.24. The van der Waals surface area contributed by atoms with E-state index in [4.69, 9.17) is 4.98 Å². The minimum Gasteiger partial charge on any atom is -0.389 e. The van der Waals surface area contributed by atoms with E-state index in [2.05, 4.69) is 16.8 Å². The molecule has 2 N–H and O–H groups in total. The van der Waals surface area contributed by atoms with Gasteiger partial charge in [0.05, 0.1) is 17.5 Å². The van der Waals surface area contributed by atoms with Crippen molar-refractivity contribution in [2.45, 2.75) is 65.0 Å². The third kappa shape index (κ3) is 3.87. The molecule has 0 fully saturated rings. The van der Waals surface area contributed by atoms with Gasteiger partial charge in [-0.1, -0.05) is 6.92 Å². The summed E-state index contributed by atoms with van der Waals surface area (Å²) in [6.07, 6.45) is 5.44. The van der Waals surface area contributed by atoms with Crippen LogP contribution in [0.2, 0.25) is 0 Å². The first kappa shape index (κ1) is 17.6. The molecule has 24 heavy (non-hydrogen) atoms. The molecule has 1 aliphatic rings. The largest absolute Gasteiger partial charge is 0.389 e. The Morgan fingerprint density at radius 2 is 2.08 bits per heavy atom. The molecule has 0 spiro atoms. The second-order valence-electron chi connectivity index (χ2n) is 7.43. The minimum atomic E-state index is -0.762. The highest BCUT2D eigenvalue weighted by Gasteiger charge is 2.22. The SMILES string of the molecule is CCCN(Cc1nc2sc3c(c2c(=O)[nH]1)CCCC3)CC(C)(C)O. The summed E-state index contributed by atoms with van der Waals surface area (Å²) in [7, 11) is 0. The van der Waals surface area contributed by atoms with Gasteiger partial charge in [-0.15, -0.1) is 11.3 Å². The number of thiophene rings is 1. The number of nitrogens with zero attached hydrogens (tertiary/aromatic N) is 2. The van der Waals surface area contributed by atoms with E-state index in [1.165, 1.54) is 16.9 Å². The fourth-order valence-corrected chi connectivity index (χ4v) is 4.85. The van der Waals surface area contributed by atoms with Crippen molar-refractivity contribution >= 4 is 21.6 Å². The zero-order valence-electron chi connectivity index (χ0n) is 14.8. The van der Waals surface area contributed by atoms with Gasteiger partial charge in [-0.2, -0.15) is 0 Å². The first-order chi connectivity index (χ1) is 11.4. The molecule has 0 atom stereocenters. The average molecular weight is 350 g/mol. The van der Waals surface area contributed by atoms with Gasteiger partial charge in [-0.05, 0) is 58.1 Å². The zero-order chi connectivity index (χ0) is 17.3. The monoisotopic (exact) mass is 349 g/mol. The first-order valence-electron chi connectivity index (χ1n) is 8.85. The molecule has 1 aliphatic carbocycles. The molecule has 0 saturated carbocycles. The molecular weight excluding hydrogens is 322 g/mol. The number of rotatable bonds is 6. The van der Waals surface area contributed by atoms with E-state index in [1.807, 2.05) is 13.8 Å². The standard InChI is InChI=1S/C18H27N3O2S/c1-4-9-21(11-18(2,3)23)10-14-19-16(22)15-12-7-5-6-8-13(12)24-17(15)20-14/h23H,4-11H2,1-3H3,(H,19,20,22). The van der Waals surface area contributed by atoms with Crippen molar-refractivity contribution in [3.63, 3.8) is 0 Å². The second kappa shape index (κ2) is 6.94. The summed E-state index contributed by atoms with van der Waals surface area (Å²) in [5.74, 6) is 0.698. The summed E-state index contributed by atoms with van der Waals surface area (Å²) in [4.78, 5) is 24.7. The Labute approximate surface area is 146 Å². The van der Waals surface area contributed by atoms with Crippen molar-refractivity contribution in [1.29, 1.82) is 0 Å². The van der Waals surface area contributed by atoms with E-state index in [9.17, 15) is 9.90 Å². The van der Waals surface area contributed by atoms with Crippen LogP contribution in [0.5, 0.6) is 0 Å². The maximum atomic E-state index is 12.6. The van der Waals surface area contributed by atoms with Crippen LogP contribution < -0.4 is 5.56 Å². The molecule has 6 heteroatoms. The van der Waals surface area contributed by atoms with Crippen molar-refractivity contribution in [3.05, 3.63) is 26.6 Å². The van der Waals surface area contributed by atoms with Crippen LogP contribution in [-0.2, 0) is 19.4 Å². The summed E-state index contributed by atoms with van der Waals surface area (Å²) in [5, 5.41) is 10.9. The summed E-state index contributed by atoms with van der Waals surface area (Å²) < 4.78 is 0. The Kier molecular flexibility index (Phi) is 5.08. The number of aromatic nitrogens is 2. The topological polar surface area (TPSA) is 69.2 Å². The van der Waals surface area contributed by atoms with Crippen LogP contribution in [-0.4, -0.2) is 38.7 Å². The molecule has 2 heterocycles. The van der Waals surface area contributed by atoms with Gasteiger partial charge in [-0.3, -0.25) is 9.69 Å². The summed E-state index contributed by atoms with van der Waals surface area (Å²) in [6, 6.07) is 0. The van der Waals surface area contributed by atoms with Gasteiger partial charge in [0, 0.05) is 11.4 Å². The van der Waals surface area contributed by atoms with Crippen molar-refractivity contribution in [1.82, 2.24) is 14.9 Å². The molecule has 2 aromatic rings. The third-order valence-corrected chi connectivity index (χ3v) is 5.58. The van der Waals surface area contributed by atoms with Crippen LogP contribution in [0.3, 0.4) is 0 Å². The van der Waals surface area contributed by atoms with Gasteiger partial charge in [-0.25, -0.2) is 4.98 Å². The molecule has 2 aromatic heterocycles. The summed E-state index contributed by atoms with van der Waals surface area (Å²) in [5.41, 5.74) is 0.458. The highest BCUT2D eigenvalue weighted by molar-refractivity contribution is 7.18. The molecule has 5 nitrogen and oxygen atoms in total. The van der Waals surface area contributed by atoms with Crippen LogP contribution in [0.25, 0.3) is 10.2 Å². The Bertz CT molecular complexity index is 773. The fraction of sp³-hybridized carbons (Fsp3) is 0.667. The van der Waals surface area contributed by atoms with E-state index in [-0.39, 0.29) is 5.56 Å². The smallest absolute Gasteiger partial charge is 0.259 e. The number of aryl methyl sites for hydroxylation is 2. The lowest BCUT2D eigenvalue weighted by Gasteiger charge is -2.28. The molecule has 0 unspecified atom stereocenters. The van der Waals surface area contributed by atoms with Crippen LogP contribution in [0.1, 0.15) is 56.3 Å². The van der Waals surface area contributed by atoms with Gasteiger partial charge < -0.3 is 10.1 Å². The van der Waals surface area contributed by atoms with Gasteiger partial charge in [0.25, 0.3) is 5.56 Å². The number of fused-ring (bicyclic) bond motifs is 3. The van der Waals surface area contributed by atoms with E-state index in [0.717, 1.165) is 42.4 Å². The lowest BCUT2D eigenvalue weighted by atomic mass is 9.97. The highest BCUT2D eigenvalue weighted by atomic mass is 32.1. The first-order valence-corrected chi connectivity index (χ1v) is 9.67. The predicted octanol–water partition coefficient (Wildman–Crippen LogP) is 2.85. The summed E-state index contributed by atoms with van der Waals surface area (Å²) in [6.45, 7) is 7.72. The third-order valence-electron chi connectivity index (χ3n) is 4.40. The molecule has 0 aliphatic heterocycles. The molecule has 3 rings (SSSR count). The predicted molar refractivity (Wildman–Crippen MR) is 98.7 cm³/mol. The Morgan fingerprint density at radius 3 is 2.79 bits per heavy atom. The van der Waals surface area contributed by atoms with Gasteiger partial charge in [0.1, 0.15) is 10.7 Å². The number of hydrogen-bond donors (Lipinski definition) is 2. The number of hydrogen-bond acceptors (Lipinski definition) is 5. The van der Waals surface area contributed by atoms with Crippen LogP contribution >= 0.6 is 11.3 Å². The van der Waals surface area contributed by atoms with Gasteiger partial charge in [0.2, 0.25) is 0 Å². The zero-order valence-corrected chi connectivity index (χ0v) is 15.6. The number of aromatic amines is 1. The number of nitrogens with one attached hydrogen (secondary N) is 1. The van der Waals surface area contributed by atoms with E-state index in [1.54, 1.807) is 11.3 Å². The van der Waals surface area contributed by atoms with Crippen molar-refractivity contribution < 1.29 is 5.11 Å². The fourth-order valence-electron chi connectivity index (χ4n) is 3.57. The Balaban J connectivity index is 1.91. The lowest BCUT2D eigenvalue weighted by molar-refractivity contribution is 0.0327. The maximum absolute atomic E-state index is 12.6. The lowest BCUT2D eigenvalue weighted by Crippen LogP contribution is -2.39. The minimum absolute atomic E-state index is 0.00546. The molecular formula is C18H27N3O2S. The van der Waals surface area contributed by atoms with Gasteiger partial charge in [0.15, 0.2) is 0 Å². The van der Waals surface area contributed by atoms with Crippen LogP contribution in [0.4, 0.5) is 0 Å². The second-order valence-corrected chi connectivity index (χ2v) is 8.51. The summed E-state index contributed by atoms with van der Waals surface area (Å²) >= 11 is 1.68. The molecule has 0 radical (unpaired) electrons. The molecule has 0 bridgehead atoms. The molecule has 0 amide bonds. The average Bonchev–Trinajstić information content (AvgIpc) is 2.84. The number of H-pyrrole nitrogens is 1. The van der Waals surface area contributed by atoms with Gasteiger partial charge >= 0.3 is 0 Å². The van der Waals surface area contributed by atoms with Crippen molar-refractivity contribution in [3.8, 4) is 0 Å².